The van der Waals surface area contributed by atoms with Gasteiger partial charge in [0.05, 0.1) is 5.92 Å². The number of aromatic nitrogens is 1. The Morgan fingerprint density at radius 3 is 2.59 bits per heavy atom. The van der Waals surface area contributed by atoms with Crippen LogP contribution in [0.3, 0.4) is 0 Å². The van der Waals surface area contributed by atoms with Crippen molar-refractivity contribution >= 4 is 12.0 Å². The molecule has 0 bridgehead atoms. The van der Waals surface area contributed by atoms with Crippen LogP contribution in [0.5, 0.6) is 5.88 Å². The topological polar surface area (TPSA) is 91.8 Å². The van der Waals surface area contributed by atoms with E-state index in [1.807, 2.05) is 36.4 Å². The molecule has 1 fully saturated rings. The zero-order chi connectivity index (χ0) is 19.1. The molecule has 1 saturated heterocycles. The molecule has 7 nitrogen and oxygen atoms in total. The molecule has 0 spiro atoms. The van der Waals surface area contributed by atoms with Gasteiger partial charge in [0.25, 0.3) is 0 Å². The number of benzene rings is 1. The number of nitrogens with one attached hydrogen (secondary N) is 1. The number of carbonyl (C=O) groups excluding carboxylic acids is 1. The van der Waals surface area contributed by atoms with Crippen LogP contribution >= 0.6 is 0 Å². The summed E-state index contributed by atoms with van der Waals surface area (Å²) in [7, 11) is 0. The molecule has 1 aliphatic heterocycles. The zero-order valence-corrected chi connectivity index (χ0v) is 15.0. The van der Waals surface area contributed by atoms with E-state index in [9.17, 15) is 9.59 Å². The summed E-state index contributed by atoms with van der Waals surface area (Å²) >= 11 is 0. The average molecular weight is 369 g/mol. The first-order valence-electron chi connectivity index (χ1n) is 8.99. The van der Waals surface area contributed by atoms with Gasteiger partial charge in [0.2, 0.25) is 5.88 Å². The number of pyridine rings is 1. The van der Waals surface area contributed by atoms with Crippen molar-refractivity contribution in [2.24, 2.45) is 5.92 Å². The van der Waals surface area contributed by atoms with Gasteiger partial charge in [-0.15, -0.1) is 0 Å². The highest BCUT2D eigenvalue weighted by Crippen LogP contribution is 2.17. The molecule has 0 unspecified atom stereocenters. The molecule has 1 aromatic carbocycles. The number of carboxylic acid groups (broad SMARTS) is 1. The first-order chi connectivity index (χ1) is 13.1. The molecule has 1 aliphatic rings. The van der Waals surface area contributed by atoms with E-state index < -0.39 is 5.97 Å². The van der Waals surface area contributed by atoms with Crippen molar-refractivity contribution in [1.82, 2.24) is 15.2 Å². The first kappa shape index (κ1) is 18.7. The molecule has 2 heterocycles. The van der Waals surface area contributed by atoms with Gasteiger partial charge in [-0.2, -0.15) is 0 Å². The number of hydrogen-bond acceptors (Lipinski definition) is 4. The normalized spacial score (nSPS) is 14.6. The van der Waals surface area contributed by atoms with Gasteiger partial charge in [-0.3, -0.25) is 4.79 Å². The Balaban J connectivity index is 1.47. The Hall–Kier alpha value is -3.09. The lowest BCUT2D eigenvalue weighted by Gasteiger charge is -2.30. The fourth-order valence-electron chi connectivity index (χ4n) is 2.99. The lowest BCUT2D eigenvalue weighted by atomic mass is 9.97. The SMILES string of the molecule is O=C(O)C1CCN(C(=O)NCc2ccnc(OCc3ccccc3)c2)CC1. The Kier molecular flexibility index (Phi) is 6.25. The summed E-state index contributed by atoms with van der Waals surface area (Å²) in [4.78, 5) is 29.1. The summed E-state index contributed by atoms with van der Waals surface area (Å²) in [5, 5.41) is 11.9. The number of likely N-dealkylation sites (tertiary alicyclic amines) is 1. The summed E-state index contributed by atoms with van der Waals surface area (Å²) in [5.74, 6) is -0.624. The zero-order valence-electron chi connectivity index (χ0n) is 15.0. The molecule has 2 N–H and O–H groups in total. The van der Waals surface area contributed by atoms with Crippen molar-refractivity contribution in [3.63, 3.8) is 0 Å². The summed E-state index contributed by atoms with van der Waals surface area (Å²) < 4.78 is 5.70. The minimum Gasteiger partial charge on any atom is -0.481 e. The van der Waals surface area contributed by atoms with Gasteiger partial charge < -0.3 is 20.1 Å². The van der Waals surface area contributed by atoms with Crippen LogP contribution in [0, 0.1) is 5.92 Å². The lowest BCUT2D eigenvalue weighted by Crippen LogP contribution is -2.45. The number of rotatable bonds is 6. The fourth-order valence-corrected chi connectivity index (χ4v) is 2.99. The van der Waals surface area contributed by atoms with Gasteiger partial charge in [-0.1, -0.05) is 30.3 Å². The van der Waals surface area contributed by atoms with E-state index in [0.717, 1.165) is 11.1 Å². The van der Waals surface area contributed by atoms with Gasteiger partial charge in [-0.25, -0.2) is 9.78 Å². The highest BCUT2D eigenvalue weighted by molar-refractivity contribution is 5.75. The molecule has 0 atom stereocenters. The van der Waals surface area contributed by atoms with E-state index in [1.165, 1.54) is 0 Å². The average Bonchev–Trinajstić information content (AvgIpc) is 2.71. The Labute approximate surface area is 158 Å². The second-order valence-electron chi connectivity index (χ2n) is 6.53. The van der Waals surface area contributed by atoms with Gasteiger partial charge >= 0.3 is 12.0 Å². The molecule has 3 rings (SSSR count). The smallest absolute Gasteiger partial charge is 0.317 e. The summed E-state index contributed by atoms with van der Waals surface area (Å²) in [6.45, 7) is 1.72. The van der Waals surface area contributed by atoms with E-state index in [4.69, 9.17) is 9.84 Å². The predicted octanol–water partition coefficient (Wildman–Crippen LogP) is 2.67. The third-order valence-corrected chi connectivity index (χ3v) is 4.60. The Morgan fingerprint density at radius 1 is 1.15 bits per heavy atom. The van der Waals surface area contributed by atoms with E-state index in [0.29, 0.717) is 45.0 Å². The number of amides is 2. The molecular formula is C20H23N3O4. The molecular weight excluding hydrogens is 346 g/mol. The second kappa shape index (κ2) is 9.02. The monoisotopic (exact) mass is 369 g/mol. The number of carbonyl (C=O) groups is 2. The number of ether oxygens (including phenoxy) is 1. The maximum Gasteiger partial charge on any atom is 0.317 e. The number of piperidine rings is 1. The van der Waals surface area contributed by atoms with Crippen molar-refractivity contribution in [3.8, 4) is 5.88 Å². The van der Waals surface area contributed by atoms with Crippen molar-refractivity contribution in [1.29, 1.82) is 0 Å². The van der Waals surface area contributed by atoms with Crippen molar-refractivity contribution in [2.75, 3.05) is 13.1 Å². The van der Waals surface area contributed by atoms with Crippen molar-refractivity contribution in [3.05, 3.63) is 59.8 Å². The van der Waals surface area contributed by atoms with E-state index >= 15 is 0 Å². The van der Waals surface area contributed by atoms with E-state index in [2.05, 4.69) is 10.3 Å². The molecule has 2 aromatic rings. The molecule has 0 radical (unpaired) electrons. The Bertz CT molecular complexity index is 774. The summed E-state index contributed by atoms with van der Waals surface area (Å²) in [5.41, 5.74) is 1.95. The maximum atomic E-state index is 12.3. The largest absolute Gasteiger partial charge is 0.481 e. The van der Waals surface area contributed by atoms with Crippen molar-refractivity contribution < 1.29 is 19.4 Å². The Morgan fingerprint density at radius 2 is 1.89 bits per heavy atom. The molecule has 0 saturated carbocycles. The summed E-state index contributed by atoms with van der Waals surface area (Å²) in [6, 6.07) is 13.3. The van der Waals surface area contributed by atoms with Crippen LogP contribution in [0.15, 0.2) is 48.7 Å². The minimum atomic E-state index is -0.783. The number of urea groups is 1. The summed E-state index contributed by atoms with van der Waals surface area (Å²) in [6.07, 6.45) is 2.64. The van der Waals surface area contributed by atoms with Crippen LogP contribution in [-0.4, -0.2) is 40.1 Å². The number of carboxylic acids is 1. The third kappa shape index (κ3) is 5.44. The van der Waals surface area contributed by atoms with Crippen LogP contribution in [0.4, 0.5) is 4.79 Å². The van der Waals surface area contributed by atoms with Crippen molar-refractivity contribution in [2.45, 2.75) is 26.0 Å². The quantitative estimate of drug-likeness (QED) is 0.817. The molecule has 7 heteroatoms. The van der Waals surface area contributed by atoms with Gasteiger partial charge in [0.1, 0.15) is 6.61 Å². The molecule has 1 aromatic heterocycles. The number of aliphatic carboxylic acids is 1. The maximum absolute atomic E-state index is 12.3. The molecule has 0 aliphatic carbocycles. The van der Waals surface area contributed by atoms with Gasteiger partial charge in [-0.05, 0) is 30.0 Å². The highest BCUT2D eigenvalue weighted by Gasteiger charge is 2.26. The molecule has 27 heavy (non-hydrogen) atoms. The lowest BCUT2D eigenvalue weighted by molar-refractivity contribution is -0.143. The highest BCUT2D eigenvalue weighted by atomic mass is 16.5. The molecule has 2 amide bonds. The number of nitrogens with zero attached hydrogens (tertiary/aromatic N) is 2. The second-order valence-corrected chi connectivity index (χ2v) is 6.53. The molecule has 142 valence electrons. The van der Waals surface area contributed by atoms with Crippen LogP contribution in [-0.2, 0) is 17.9 Å². The minimum absolute atomic E-state index is 0.178. The van der Waals surface area contributed by atoms with Crippen LogP contribution in [0.1, 0.15) is 24.0 Å². The first-order valence-corrected chi connectivity index (χ1v) is 8.99. The number of hydrogen-bond donors (Lipinski definition) is 2. The van der Waals surface area contributed by atoms with E-state index in [-0.39, 0.29) is 11.9 Å². The van der Waals surface area contributed by atoms with Gasteiger partial charge in [0.15, 0.2) is 0 Å². The van der Waals surface area contributed by atoms with Crippen LogP contribution in [0.25, 0.3) is 0 Å². The van der Waals surface area contributed by atoms with E-state index in [1.54, 1.807) is 17.2 Å². The van der Waals surface area contributed by atoms with Crippen LogP contribution < -0.4 is 10.1 Å². The van der Waals surface area contributed by atoms with Gasteiger partial charge in [0, 0.05) is 31.9 Å². The third-order valence-electron chi connectivity index (χ3n) is 4.60. The van der Waals surface area contributed by atoms with Crippen LogP contribution in [0.2, 0.25) is 0 Å². The standard InChI is InChI=1S/C20H23N3O4/c24-19(25)17-7-10-23(11-8-17)20(26)22-13-16-6-9-21-18(12-16)27-14-15-4-2-1-3-5-15/h1-6,9,12,17H,7-8,10-11,13-14H2,(H,22,26)(H,24,25). The predicted molar refractivity (Wildman–Crippen MR) is 99.2 cm³/mol. The fraction of sp³-hybridized carbons (Fsp3) is 0.350.